The van der Waals surface area contributed by atoms with Crippen molar-refractivity contribution < 1.29 is 0 Å². The number of H-pyrrole nitrogens is 1. The lowest BCUT2D eigenvalue weighted by atomic mass is 10.2. The SMILES string of the molecule is CC(c1cccs1)N(C)c1nc(Cl)nc2nc[nH]c12. The predicted molar refractivity (Wildman–Crippen MR) is 77.8 cm³/mol. The van der Waals surface area contributed by atoms with Crippen LogP contribution in [0.1, 0.15) is 17.8 Å². The van der Waals surface area contributed by atoms with E-state index in [1.165, 1.54) is 4.88 Å². The Bertz CT molecular complexity index is 693. The van der Waals surface area contributed by atoms with Crippen LogP contribution in [0.3, 0.4) is 0 Å². The molecule has 0 saturated carbocycles. The first-order valence-corrected chi connectivity index (χ1v) is 7.05. The molecule has 1 unspecified atom stereocenters. The molecule has 0 aromatic carbocycles. The molecule has 1 atom stereocenters. The lowest BCUT2D eigenvalue weighted by Gasteiger charge is -2.25. The van der Waals surface area contributed by atoms with Crippen molar-refractivity contribution in [3.63, 3.8) is 0 Å². The fourth-order valence-corrected chi connectivity index (χ4v) is 2.94. The number of anilines is 1. The van der Waals surface area contributed by atoms with E-state index in [1.54, 1.807) is 17.7 Å². The van der Waals surface area contributed by atoms with Gasteiger partial charge in [0, 0.05) is 11.9 Å². The smallest absolute Gasteiger partial charge is 0.226 e. The molecular weight excluding hydrogens is 282 g/mol. The zero-order valence-corrected chi connectivity index (χ0v) is 12.0. The van der Waals surface area contributed by atoms with Crippen molar-refractivity contribution in [2.75, 3.05) is 11.9 Å². The molecule has 0 saturated heterocycles. The normalized spacial score (nSPS) is 12.8. The van der Waals surface area contributed by atoms with Crippen LogP contribution in [0.5, 0.6) is 0 Å². The van der Waals surface area contributed by atoms with Crippen molar-refractivity contribution in [1.29, 1.82) is 0 Å². The molecule has 0 fully saturated rings. The van der Waals surface area contributed by atoms with Crippen molar-refractivity contribution in [1.82, 2.24) is 19.9 Å². The van der Waals surface area contributed by atoms with Crippen LogP contribution < -0.4 is 4.90 Å². The predicted octanol–water partition coefficient (Wildman–Crippen LogP) is 3.27. The number of rotatable bonds is 3. The fraction of sp³-hybridized carbons (Fsp3) is 0.250. The minimum atomic E-state index is 0.206. The molecule has 0 amide bonds. The van der Waals surface area contributed by atoms with E-state index in [0.717, 1.165) is 11.3 Å². The average Bonchev–Trinajstić information content (AvgIpc) is 3.06. The molecule has 3 rings (SSSR count). The van der Waals surface area contributed by atoms with Gasteiger partial charge in [-0.15, -0.1) is 11.3 Å². The third-order valence-corrected chi connectivity index (χ3v) is 4.32. The molecular formula is C12H12ClN5S. The van der Waals surface area contributed by atoms with Gasteiger partial charge in [-0.3, -0.25) is 0 Å². The maximum Gasteiger partial charge on any atom is 0.226 e. The van der Waals surface area contributed by atoms with Crippen LogP contribution in [0.2, 0.25) is 5.28 Å². The van der Waals surface area contributed by atoms with E-state index in [1.807, 2.05) is 13.1 Å². The van der Waals surface area contributed by atoms with Crippen molar-refractivity contribution in [3.8, 4) is 0 Å². The Kier molecular flexibility index (Phi) is 3.12. The monoisotopic (exact) mass is 293 g/mol. The Balaban J connectivity index is 2.06. The van der Waals surface area contributed by atoms with Gasteiger partial charge in [0.2, 0.25) is 5.28 Å². The Morgan fingerprint density at radius 3 is 3.00 bits per heavy atom. The van der Waals surface area contributed by atoms with Gasteiger partial charge in [0.05, 0.1) is 12.4 Å². The molecule has 7 heteroatoms. The number of aromatic amines is 1. The first-order chi connectivity index (χ1) is 9.16. The second kappa shape index (κ2) is 4.79. The summed E-state index contributed by atoms with van der Waals surface area (Å²) in [4.78, 5) is 18.9. The van der Waals surface area contributed by atoms with E-state index in [4.69, 9.17) is 11.6 Å². The topological polar surface area (TPSA) is 57.7 Å². The molecule has 0 aliphatic heterocycles. The third-order valence-electron chi connectivity index (χ3n) is 3.11. The van der Waals surface area contributed by atoms with E-state index >= 15 is 0 Å². The van der Waals surface area contributed by atoms with Gasteiger partial charge >= 0.3 is 0 Å². The van der Waals surface area contributed by atoms with Gasteiger partial charge < -0.3 is 9.88 Å². The summed E-state index contributed by atoms with van der Waals surface area (Å²) < 4.78 is 0. The Hall–Kier alpha value is -1.66. The molecule has 1 N–H and O–H groups in total. The van der Waals surface area contributed by atoms with Crippen LogP contribution in [0.4, 0.5) is 5.82 Å². The highest BCUT2D eigenvalue weighted by molar-refractivity contribution is 7.10. The molecule has 3 aromatic heterocycles. The number of hydrogen-bond donors (Lipinski definition) is 1. The molecule has 0 radical (unpaired) electrons. The van der Waals surface area contributed by atoms with Crippen molar-refractivity contribution >= 4 is 39.9 Å². The number of fused-ring (bicyclic) bond motifs is 1. The Morgan fingerprint density at radius 2 is 2.26 bits per heavy atom. The Labute approximate surface area is 119 Å². The maximum absolute atomic E-state index is 5.95. The molecule has 0 spiro atoms. The summed E-state index contributed by atoms with van der Waals surface area (Å²) in [6, 6.07) is 4.36. The van der Waals surface area contributed by atoms with E-state index in [9.17, 15) is 0 Å². The van der Waals surface area contributed by atoms with Gasteiger partial charge in [0.1, 0.15) is 5.52 Å². The van der Waals surface area contributed by atoms with Crippen LogP contribution in [0.15, 0.2) is 23.8 Å². The van der Waals surface area contributed by atoms with Crippen LogP contribution in [0, 0.1) is 0 Å². The summed E-state index contributed by atoms with van der Waals surface area (Å²) >= 11 is 7.68. The number of hydrogen-bond acceptors (Lipinski definition) is 5. The maximum atomic E-state index is 5.95. The molecule has 3 heterocycles. The van der Waals surface area contributed by atoms with Crippen LogP contribution >= 0.6 is 22.9 Å². The highest BCUT2D eigenvalue weighted by Crippen LogP contribution is 2.30. The minimum Gasteiger partial charge on any atom is -0.350 e. The van der Waals surface area contributed by atoms with Crippen LogP contribution in [-0.4, -0.2) is 27.0 Å². The number of aromatic nitrogens is 4. The third kappa shape index (κ3) is 2.17. The van der Waals surface area contributed by atoms with Crippen molar-refractivity contribution in [3.05, 3.63) is 34.0 Å². The fourth-order valence-electron chi connectivity index (χ4n) is 1.95. The first-order valence-electron chi connectivity index (χ1n) is 5.79. The number of nitrogens with zero attached hydrogens (tertiary/aromatic N) is 4. The molecule has 19 heavy (non-hydrogen) atoms. The second-order valence-corrected chi connectivity index (χ2v) is 5.54. The standard InChI is InChI=1S/C12H12ClN5S/c1-7(8-4-3-5-19-8)18(2)11-9-10(15-6-14-9)16-12(13)17-11/h3-7H,1-2H3,(H,14,15,16,17). The first kappa shape index (κ1) is 12.4. The highest BCUT2D eigenvalue weighted by Gasteiger charge is 2.19. The summed E-state index contributed by atoms with van der Waals surface area (Å²) in [5.41, 5.74) is 1.38. The summed E-state index contributed by atoms with van der Waals surface area (Å²) in [6.07, 6.45) is 1.60. The van der Waals surface area contributed by atoms with Gasteiger partial charge in [0.25, 0.3) is 0 Å². The summed E-state index contributed by atoms with van der Waals surface area (Å²) in [5.74, 6) is 0.758. The molecule has 98 valence electrons. The summed E-state index contributed by atoms with van der Waals surface area (Å²) in [5, 5.41) is 2.28. The van der Waals surface area contributed by atoms with E-state index in [-0.39, 0.29) is 11.3 Å². The summed E-state index contributed by atoms with van der Waals surface area (Å²) in [6.45, 7) is 2.13. The van der Waals surface area contributed by atoms with E-state index < -0.39 is 0 Å². The average molecular weight is 294 g/mol. The number of imidazole rings is 1. The largest absolute Gasteiger partial charge is 0.350 e. The van der Waals surface area contributed by atoms with E-state index in [2.05, 4.69) is 43.2 Å². The quantitative estimate of drug-likeness (QED) is 0.753. The number of nitrogens with one attached hydrogen (secondary N) is 1. The van der Waals surface area contributed by atoms with Gasteiger partial charge in [-0.25, -0.2) is 4.98 Å². The number of thiophene rings is 1. The lowest BCUT2D eigenvalue weighted by molar-refractivity contribution is 0.743. The van der Waals surface area contributed by atoms with Crippen LogP contribution in [-0.2, 0) is 0 Å². The van der Waals surface area contributed by atoms with Gasteiger partial charge in [-0.1, -0.05) is 6.07 Å². The zero-order valence-electron chi connectivity index (χ0n) is 10.5. The zero-order chi connectivity index (χ0) is 13.4. The highest BCUT2D eigenvalue weighted by atomic mass is 35.5. The van der Waals surface area contributed by atoms with Crippen molar-refractivity contribution in [2.45, 2.75) is 13.0 Å². The van der Waals surface area contributed by atoms with Gasteiger partial charge in [-0.2, -0.15) is 9.97 Å². The summed E-state index contributed by atoms with van der Waals surface area (Å²) in [7, 11) is 1.99. The number of halogens is 1. The molecule has 0 bridgehead atoms. The molecule has 0 aliphatic carbocycles. The van der Waals surface area contributed by atoms with Gasteiger partial charge in [-0.05, 0) is 30.0 Å². The molecule has 3 aromatic rings. The van der Waals surface area contributed by atoms with Crippen LogP contribution in [0.25, 0.3) is 11.2 Å². The van der Waals surface area contributed by atoms with Crippen molar-refractivity contribution in [2.24, 2.45) is 0 Å². The minimum absolute atomic E-state index is 0.206. The molecule has 5 nitrogen and oxygen atoms in total. The lowest BCUT2D eigenvalue weighted by Crippen LogP contribution is -2.22. The van der Waals surface area contributed by atoms with Gasteiger partial charge in [0.15, 0.2) is 11.5 Å². The molecule has 0 aliphatic rings. The Morgan fingerprint density at radius 1 is 1.42 bits per heavy atom. The van der Waals surface area contributed by atoms with E-state index in [0.29, 0.717) is 5.65 Å². The second-order valence-electron chi connectivity index (χ2n) is 4.22.